The lowest BCUT2D eigenvalue weighted by molar-refractivity contribution is 0.306. The molecule has 0 saturated carbocycles. The van der Waals surface area contributed by atoms with E-state index >= 15 is 0 Å². The standard InChI is InChI=1S/C19H15NO3/c1-2-13-9-19(21)23-18-10-16(7-8-17(13)18)22-12-15-6-4-3-5-14(15)11-20/h3-10H,2,12H2,1H3. The SMILES string of the molecule is CCc1cc(=O)oc2cc(OCc3ccccc3C#N)ccc12. The molecule has 23 heavy (non-hydrogen) atoms. The third-order valence-electron chi connectivity index (χ3n) is 3.71. The van der Waals surface area contributed by atoms with E-state index in [0.717, 1.165) is 22.9 Å². The summed E-state index contributed by atoms with van der Waals surface area (Å²) in [4.78, 5) is 11.6. The number of rotatable bonds is 4. The number of benzene rings is 2. The van der Waals surface area contributed by atoms with Crippen molar-refractivity contribution in [2.75, 3.05) is 0 Å². The van der Waals surface area contributed by atoms with Gasteiger partial charge in [-0.2, -0.15) is 5.26 Å². The summed E-state index contributed by atoms with van der Waals surface area (Å²) in [6, 6.07) is 16.4. The summed E-state index contributed by atoms with van der Waals surface area (Å²) in [6.07, 6.45) is 0.762. The Hall–Kier alpha value is -3.06. The molecule has 0 fully saturated rings. The van der Waals surface area contributed by atoms with Crippen LogP contribution in [-0.4, -0.2) is 0 Å². The summed E-state index contributed by atoms with van der Waals surface area (Å²) in [7, 11) is 0. The zero-order valence-electron chi connectivity index (χ0n) is 12.7. The first-order valence-electron chi connectivity index (χ1n) is 7.39. The van der Waals surface area contributed by atoms with Crippen molar-refractivity contribution in [3.63, 3.8) is 0 Å². The van der Waals surface area contributed by atoms with Gasteiger partial charge >= 0.3 is 5.63 Å². The second-order valence-electron chi connectivity index (χ2n) is 5.16. The van der Waals surface area contributed by atoms with Crippen LogP contribution in [0.2, 0.25) is 0 Å². The van der Waals surface area contributed by atoms with Gasteiger partial charge in [-0.25, -0.2) is 4.79 Å². The molecule has 1 heterocycles. The largest absolute Gasteiger partial charge is 0.489 e. The minimum atomic E-state index is -0.360. The van der Waals surface area contributed by atoms with E-state index in [2.05, 4.69) is 6.07 Å². The number of fused-ring (bicyclic) bond motifs is 1. The second kappa shape index (κ2) is 6.37. The molecule has 1 aromatic heterocycles. The summed E-state index contributed by atoms with van der Waals surface area (Å²) in [6.45, 7) is 2.28. The molecule has 2 aromatic carbocycles. The van der Waals surface area contributed by atoms with Crippen molar-refractivity contribution in [1.29, 1.82) is 5.26 Å². The van der Waals surface area contributed by atoms with Crippen molar-refractivity contribution in [2.24, 2.45) is 0 Å². The van der Waals surface area contributed by atoms with Crippen LogP contribution >= 0.6 is 0 Å². The van der Waals surface area contributed by atoms with Gasteiger partial charge in [-0.3, -0.25) is 0 Å². The van der Waals surface area contributed by atoms with E-state index in [1.807, 2.05) is 37.3 Å². The van der Waals surface area contributed by atoms with Gasteiger partial charge in [-0.1, -0.05) is 25.1 Å². The molecule has 0 saturated heterocycles. The van der Waals surface area contributed by atoms with Gasteiger partial charge in [-0.05, 0) is 30.2 Å². The van der Waals surface area contributed by atoms with Crippen molar-refractivity contribution in [3.8, 4) is 11.8 Å². The first-order valence-corrected chi connectivity index (χ1v) is 7.39. The van der Waals surface area contributed by atoms with Crippen molar-refractivity contribution >= 4 is 11.0 Å². The van der Waals surface area contributed by atoms with Crippen molar-refractivity contribution in [1.82, 2.24) is 0 Å². The van der Waals surface area contributed by atoms with Gasteiger partial charge in [0.2, 0.25) is 0 Å². The summed E-state index contributed by atoms with van der Waals surface area (Å²) >= 11 is 0. The Morgan fingerprint density at radius 1 is 1.13 bits per heavy atom. The fraction of sp³-hybridized carbons (Fsp3) is 0.158. The number of nitriles is 1. The van der Waals surface area contributed by atoms with Gasteiger partial charge in [0.25, 0.3) is 0 Å². The molecule has 4 nitrogen and oxygen atoms in total. The van der Waals surface area contributed by atoms with Crippen LogP contribution in [0.3, 0.4) is 0 Å². The third-order valence-corrected chi connectivity index (χ3v) is 3.71. The van der Waals surface area contributed by atoms with Gasteiger partial charge in [0.05, 0.1) is 11.6 Å². The summed E-state index contributed by atoms with van der Waals surface area (Å²) in [5.74, 6) is 0.599. The van der Waals surface area contributed by atoms with Crippen molar-refractivity contribution < 1.29 is 9.15 Å². The molecule has 3 rings (SSSR count). The third kappa shape index (κ3) is 3.09. The first-order chi connectivity index (χ1) is 11.2. The molecule has 0 aliphatic rings. The summed E-state index contributed by atoms with van der Waals surface area (Å²) in [5.41, 5.74) is 2.52. The Balaban J connectivity index is 1.90. The molecule has 114 valence electrons. The van der Waals surface area contributed by atoms with Crippen molar-refractivity contribution in [3.05, 3.63) is 75.6 Å². The van der Waals surface area contributed by atoms with Gasteiger partial charge < -0.3 is 9.15 Å². The second-order valence-corrected chi connectivity index (χ2v) is 5.16. The van der Waals surface area contributed by atoms with Crippen LogP contribution in [0.25, 0.3) is 11.0 Å². The number of hydrogen-bond donors (Lipinski definition) is 0. The quantitative estimate of drug-likeness (QED) is 0.688. The van der Waals surface area contributed by atoms with E-state index in [4.69, 9.17) is 14.4 Å². The molecule has 0 unspecified atom stereocenters. The van der Waals surface area contributed by atoms with Crippen LogP contribution in [0.4, 0.5) is 0 Å². The molecule has 4 heteroatoms. The van der Waals surface area contributed by atoms with Gasteiger partial charge in [-0.15, -0.1) is 0 Å². The molecule has 0 N–H and O–H groups in total. The highest BCUT2D eigenvalue weighted by Crippen LogP contribution is 2.24. The Morgan fingerprint density at radius 3 is 2.74 bits per heavy atom. The molecule has 3 aromatic rings. The normalized spacial score (nSPS) is 10.4. The first kappa shape index (κ1) is 14.9. The monoisotopic (exact) mass is 305 g/mol. The number of ether oxygens (including phenoxy) is 1. The summed E-state index contributed by atoms with van der Waals surface area (Å²) in [5, 5.41) is 10.0. The van der Waals surface area contributed by atoms with Crippen LogP contribution in [0, 0.1) is 11.3 Å². The van der Waals surface area contributed by atoms with E-state index in [1.54, 1.807) is 12.1 Å². The molecule has 0 spiro atoms. The predicted molar refractivity (Wildman–Crippen MR) is 87.4 cm³/mol. The maximum atomic E-state index is 11.6. The fourth-order valence-electron chi connectivity index (χ4n) is 2.51. The molecule has 0 bridgehead atoms. The van der Waals surface area contributed by atoms with Crippen molar-refractivity contribution in [2.45, 2.75) is 20.0 Å². The lowest BCUT2D eigenvalue weighted by atomic mass is 10.1. The van der Waals surface area contributed by atoms with E-state index in [9.17, 15) is 4.79 Å². The zero-order chi connectivity index (χ0) is 16.2. The Kier molecular flexibility index (Phi) is 4.11. The van der Waals surface area contributed by atoms with Crippen LogP contribution in [0.5, 0.6) is 5.75 Å². The van der Waals surface area contributed by atoms with Gasteiger partial charge in [0.1, 0.15) is 17.9 Å². The average Bonchev–Trinajstić information content (AvgIpc) is 2.59. The highest BCUT2D eigenvalue weighted by Gasteiger charge is 2.07. The molecule has 0 aliphatic heterocycles. The van der Waals surface area contributed by atoms with Gasteiger partial charge in [0, 0.05) is 23.1 Å². The van der Waals surface area contributed by atoms with Gasteiger partial charge in [0.15, 0.2) is 0 Å². The lowest BCUT2D eigenvalue weighted by Gasteiger charge is -2.09. The maximum Gasteiger partial charge on any atom is 0.336 e. The topological polar surface area (TPSA) is 63.2 Å². The van der Waals surface area contributed by atoms with E-state index < -0.39 is 0 Å². The molecule has 0 aliphatic carbocycles. The van der Waals surface area contributed by atoms with Crippen LogP contribution in [0.1, 0.15) is 23.6 Å². The van der Waals surface area contributed by atoms with E-state index in [1.165, 1.54) is 6.07 Å². The minimum absolute atomic E-state index is 0.285. The highest BCUT2D eigenvalue weighted by molar-refractivity contribution is 5.81. The molecular formula is C19H15NO3. The van der Waals surface area contributed by atoms with Crippen LogP contribution < -0.4 is 10.4 Å². The molecule has 0 atom stereocenters. The molecule has 0 amide bonds. The Bertz CT molecular complexity index is 951. The Morgan fingerprint density at radius 2 is 1.96 bits per heavy atom. The average molecular weight is 305 g/mol. The summed E-state index contributed by atoms with van der Waals surface area (Å²) < 4.78 is 11.0. The van der Waals surface area contributed by atoms with E-state index in [0.29, 0.717) is 16.9 Å². The predicted octanol–water partition coefficient (Wildman–Crippen LogP) is 3.81. The fourth-order valence-corrected chi connectivity index (χ4v) is 2.51. The molecule has 0 radical (unpaired) electrons. The highest BCUT2D eigenvalue weighted by atomic mass is 16.5. The zero-order valence-corrected chi connectivity index (χ0v) is 12.7. The number of hydrogen-bond acceptors (Lipinski definition) is 4. The maximum absolute atomic E-state index is 11.6. The van der Waals surface area contributed by atoms with Crippen LogP contribution in [-0.2, 0) is 13.0 Å². The molecular weight excluding hydrogens is 290 g/mol. The lowest BCUT2D eigenvalue weighted by Crippen LogP contribution is -2.01. The smallest absolute Gasteiger partial charge is 0.336 e. The number of aryl methyl sites for hydroxylation is 1. The Labute approximate surface area is 133 Å². The van der Waals surface area contributed by atoms with E-state index in [-0.39, 0.29) is 12.2 Å². The van der Waals surface area contributed by atoms with Crippen LogP contribution in [0.15, 0.2) is 57.7 Å². The minimum Gasteiger partial charge on any atom is -0.489 e. The number of nitrogens with zero attached hydrogens (tertiary/aromatic N) is 1.